The van der Waals surface area contributed by atoms with E-state index in [1.807, 2.05) is 13.8 Å². The quantitative estimate of drug-likeness (QED) is 0.367. The zero-order valence-corrected chi connectivity index (χ0v) is 18.3. The molecule has 3 saturated carbocycles. The molecule has 0 aliphatic heterocycles. The Morgan fingerprint density at radius 1 is 1.20 bits per heavy atom. The number of Topliss-reactive ketones (excluding diaryl/α,β-unsaturated/α-hetero) is 1. The lowest BCUT2D eigenvalue weighted by molar-refractivity contribution is -0.158. The van der Waals surface area contributed by atoms with Gasteiger partial charge in [-0.2, -0.15) is 0 Å². The van der Waals surface area contributed by atoms with Crippen molar-refractivity contribution in [3.8, 4) is 0 Å². The summed E-state index contributed by atoms with van der Waals surface area (Å²) >= 11 is 7.13. The number of rotatable bonds is 2. The summed E-state index contributed by atoms with van der Waals surface area (Å²) in [7, 11) is 1.16. The Labute approximate surface area is 180 Å². The smallest absolute Gasteiger partial charge is 0.374 e. The summed E-state index contributed by atoms with van der Waals surface area (Å²) in [4.78, 5) is 35.3. The molecule has 0 amide bonds. The molecule has 0 unspecified atom stereocenters. The number of esters is 1. The van der Waals surface area contributed by atoms with Crippen molar-refractivity contribution in [2.45, 2.75) is 57.3 Å². The van der Waals surface area contributed by atoms with E-state index in [0.29, 0.717) is 6.42 Å². The highest BCUT2D eigenvalue weighted by molar-refractivity contribution is 6.34. The average molecular weight is 441 g/mol. The first kappa shape index (κ1) is 21.7. The standard InChI is InChI=1S/C23H27ClF2O4/c1-11-7-13-14-9-16(25)15-8-12(27)5-6-22(15,3)23(14,24)17(26)10-21(13,2)18(11)19(28)20(29)30-4/h5-6,8,11,13-14,16-18H,7,9-10H2,1-4H3/t11-,13+,14+,16+,17+,18-,21+,22+,23+/m1/s1. The van der Waals surface area contributed by atoms with Crippen LogP contribution in [0, 0.1) is 34.5 Å². The molecule has 3 fully saturated rings. The summed E-state index contributed by atoms with van der Waals surface area (Å²) in [5.41, 5.74) is -1.72. The van der Waals surface area contributed by atoms with Crippen LogP contribution in [0.5, 0.6) is 0 Å². The highest BCUT2D eigenvalue weighted by Crippen LogP contribution is 2.71. The topological polar surface area (TPSA) is 60.4 Å². The van der Waals surface area contributed by atoms with Crippen molar-refractivity contribution in [2.75, 3.05) is 7.11 Å². The molecular formula is C23H27ClF2O4. The van der Waals surface area contributed by atoms with Crippen LogP contribution in [0.1, 0.15) is 40.0 Å². The number of carbonyl (C=O) groups excluding carboxylic acids is 3. The number of alkyl halides is 3. The van der Waals surface area contributed by atoms with Crippen LogP contribution in [-0.2, 0) is 19.1 Å². The Bertz CT molecular complexity index is 884. The lowest BCUT2D eigenvalue weighted by Crippen LogP contribution is -2.66. The third-order valence-electron chi connectivity index (χ3n) is 8.59. The van der Waals surface area contributed by atoms with E-state index in [-0.39, 0.29) is 36.0 Å². The van der Waals surface area contributed by atoms with E-state index >= 15 is 8.78 Å². The second-order valence-electron chi connectivity index (χ2n) is 9.95. The predicted octanol–water partition coefficient (Wildman–Crippen LogP) is 4.16. The number of hydrogen-bond donors (Lipinski definition) is 0. The van der Waals surface area contributed by atoms with E-state index in [4.69, 9.17) is 11.6 Å². The maximum absolute atomic E-state index is 16.0. The number of halogens is 3. The molecule has 0 N–H and O–H groups in total. The Morgan fingerprint density at radius 3 is 2.50 bits per heavy atom. The van der Waals surface area contributed by atoms with Crippen LogP contribution in [0.2, 0.25) is 0 Å². The van der Waals surface area contributed by atoms with Crippen LogP contribution in [0.3, 0.4) is 0 Å². The molecule has 164 valence electrons. The van der Waals surface area contributed by atoms with E-state index in [1.165, 1.54) is 12.2 Å². The molecule has 4 aliphatic rings. The number of methoxy groups -OCH3 is 1. The van der Waals surface area contributed by atoms with Crippen LogP contribution < -0.4 is 0 Å². The SMILES string of the molecule is COC(=O)C(=O)[C@H]1[C@H](C)C[C@H]2[C@@H]3C[C@H](F)C4=CC(=O)C=C[C@]4(C)[C@@]3(Cl)[C@@H](F)C[C@@]21C. The molecule has 4 rings (SSSR count). The van der Waals surface area contributed by atoms with Crippen LogP contribution >= 0.6 is 11.6 Å². The first-order chi connectivity index (χ1) is 13.9. The van der Waals surface area contributed by atoms with E-state index in [9.17, 15) is 14.4 Å². The van der Waals surface area contributed by atoms with Gasteiger partial charge in [0, 0.05) is 11.3 Å². The first-order valence-corrected chi connectivity index (χ1v) is 10.8. The molecule has 0 aromatic carbocycles. The highest BCUT2D eigenvalue weighted by atomic mass is 35.5. The van der Waals surface area contributed by atoms with Crippen LogP contribution in [0.4, 0.5) is 8.78 Å². The Balaban J connectivity index is 1.81. The van der Waals surface area contributed by atoms with Crippen molar-refractivity contribution in [2.24, 2.45) is 34.5 Å². The molecule has 0 aromatic heterocycles. The fourth-order valence-corrected chi connectivity index (χ4v) is 7.78. The molecule has 9 atom stereocenters. The maximum atomic E-state index is 16.0. The van der Waals surface area contributed by atoms with Gasteiger partial charge in [0.15, 0.2) is 5.78 Å². The Morgan fingerprint density at radius 2 is 1.87 bits per heavy atom. The van der Waals surface area contributed by atoms with Gasteiger partial charge in [-0.15, -0.1) is 11.6 Å². The van der Waals surface area contributed by atoms with Gasteiger partial charge in [-0.25, -0.2) is 13.6 Å². The summed E-state index contributed by atoms with van der Waals surface area (Å²) in [5.74, 6) is -3.53. The van der Waals surface area contributed by atoms with Gasteiger partial charge in [-0.3, -0.25) is 9.59 Å². The molecule has 30 heavy (non-hydrogen) atoms. The highest BCUT2D eigenvalue weighted by Gasteiger charge is 2.72. The van der Waals surface area contributed by atoms with Gasteiger partial charge < -0.3 is 4.74 Å². The van der Waals surface area contributed by atoms with E-state index in [2.05, 4.69) is 4.74 Å². The summed E-state index contributed by atoms with van der Waals surface area (Å²) in [6, 6.07) is 0. The fraction of sp³-hybridized carbons (Fsp3) is 0.696. The number of hydrogen-bond acceptors (Lipinski definition) is 4. The number of ether oxygens (including phenoxy) is 1. The largest absolute Gasteiger partial charge is 0.463 e. The zero-order valence-electron chi connectivity index (χ0n) is 17.6. The van der Waals surface area contributed by atoms with Crippen molar-refractivity contribution in [1.29, 1.82) is 0 Å². The molecule has 0 saturated heterocycles. The van der Waals surface area contributed by atoms with Crippen molar-refractivity contribution in [3.63, 3.8) is 0 Å². The molecule has 0 aromatic rings. The molecular weight excluding hydrogens is 414 g/mol. The maximum Gasteiger partial charge on any atom is 0.374 e. The monoisotopic (exact) mass is 440 g/mol. The Hall–Kier alpha value is -1.56. The lowest BCUT2D eigenvalue weighted by atomic mass is 9.46. The number of allylic oxidation sites excluding steroid dienone is 4. The minimum absolute atomic E-state index is 0.00141. The average Bonchev–Trinajstić information content (AvgIpc) is 2.94. The summed E-state index contributed by atoms with van der Waals surface area (Å²) in [6.07, 6.45) is 1.75. The van der Waals surface area contributed by atoms with Gasteiger partial charge in [0.2, 0.25) is 5.78 Å². The second kappa shape index (κ2) is 6.72. The van der Waals surface area contributed by atoms with Gasteiger partial charge in [0.25, 0.3) is 0 Å². The summed E-state index contributed by atoms with van der Waals surface area (Å²) < 4.78 is 36.0. The van der Waals surface area contributed by atoms with E-state index in [0.717, 1.165) is 7.11 Å². The van der Waals surface area contributed by atoms with Gasteiger partial charge in [0.05, 0.1) is 12.0 Å². The van der Waals surface area contributed by atoms with Crippen LogP contribution in [0.15, 0.2) is 23.8 Å². The van der Waals surface area contributed by atoms with E-state index in [1.54, 1.807) is 13.0 Å². The minimum Gasteiger partial charge on any atom is -0.463 e. The molecule has 4 aliphatic carbocycles. The molecule has 0 spiro atoms. The molecule has 4 nitrogen and oxygen atoms in total. The third-order valence-corrected chi connectivity index (χ3v) is 9.50. The molecule has 0 heterocycles. The fourth-order valence-electron chi connectivity index (χ4n) is 7.29. The molecule has 0 bridgehead atoms. The first-order valence-electron chi connectivity index (χ1n) is 10.5. The van der Waals surface area contributed by atoms with Crippen LogP contribution in [-0.4, -0.2) is 41.9 Å². The van der Waals surface area contributed by atoms with Gasteiger partial charge >= 0.3 is 5.97 Å². The molecule has 0 radical (unpaired) electrons. The van der Waals surface area contributed by atoms with Crippen molar-refractivity contribution in [3.05, 3.63) is 23.8 Å². The summed E-state index contributed by atoms with van der Waals surface area (Å²) in [5, 5.41) is 0. The number of fused-ring (bicyclic) bond motifs is 5. The zero-order chi connectivity index (χ0) is 22.2. The number of carbonyl (C=O) groups is 3. The minimum atomic E-state index is -1.54. The van der Waals surface area contributed by atoms with Crippen molar-refractivity contribution >= 4 is 29.1 Å². The van der Waals surface area contributed by atoms with Crippen LogP contribution in [0.25, 0.3) is 0 Å². The van der Waals surface area contributed by atoms with Crippen molar-refractivity contribution < 1.29 is 27.9 Å². The van der Waals surface area contributed by atoms with E-state index < -0.39 is 51.6 Å². The Kier molecular flexibility index (Phi) is 4.85. The van der Waals surface area contributed by atoms with Gasteiger partial charge in [-0.05, 0) is 60.2 Å². The third kappa shape index (κ3) is 2.52. The summed E-state index contributed by atoms with van der Waals surface area (Å²) in [6.45, 7) is 5.41. The predicted molar refractivity (Wildman–Crippen MR) is 107 cm³/mol. The van der Waals surface area contributed by atoms with Gasteiger partial charge in [-0.1, -0.05) is 26.8 Å². The molecule has 7 heteroatoms. The van der Waals surface area contributed by atoms with Crippen molar-refractivity contribution in [1.82, 2.24) is 0 Å². The lowest BCUT2D eigenvalue weighted by Gasteiger charge is -2.63. The second-order valence-corrected chi connectivity index (χ2v) is 10.6. The number of ketones is 2. The van der Waals surface area contributed by atoms with Gasteiger partial charge in [0.1, 0.15) is 12.3 Å². The normalized spacial score (nSPS) is 49.6.